The Labute approximate surface area is 81.5 Å². The SMILES string of the molecule is CC(C(O)C1(CN)CC1)C(C)(C)C. The summed E-state index contributed by atoms with van der Waals surface area (Å²) in [7, 11) is 0. The van der Waals surface area contributed by atoms with Crippen molar-refractivity contribution >= 4 is 0 Å². The van der Waals surface area contributed by atoms with Gasteiger partial charge in [-0.3, -0.25) is 0 Å². The van der Waals surface area contributed by atoms with Gasteiger partial charge >= 0.3 is 0 Å². The average molecular weight is 185 g/mol. The lowest BCUT2D eigenvalue weighted by molar-refractivity contribution is 0.00121. The number of aliphatic hydroxyl groups is 1. The van der Waals surface area contributed by atoms with E-state index < -0.39 is 0 Å². The smallest absolute Gasteiger partial charge is 0.0638 e. The standard InChI is InChI=1S/C11H23NO/c1-8(10(2,3)4)9(13)11(7-12)5-6-11/h8-9,13H,5-7,12H2,1-4H3. The van der Waals surface area contributed by atoms with Crippen LogP contribution in [-0.4, -0.2) is 17.8 Å². The molecule has 0 amide bonds. The molecule has 0 aliphatic heterocycles. The van der Waals surface area contributed by atoms with Gasteiger partial charge in [0.05, 0.1) is 6.10 Å². The molecule has 0 aromatic heterocycles. The summed E-state index contributed by atoms with van der Waals surface area (Å²) in [5, 5.41) is 10.2. The van der Waals surface area contributed by atoms with Crippen LogP contribution in [0.25, 0.3) is 0 Å². The second kappa shape index (κ2) is 3.25. The van der Waals surface area contributed by atoms with Gasteiger partial charge in [0.15, 0.2) is 0 Å². The second-order valence-corrected chi connectivity index (χ2v) is 5.67. The van der Waals surface area contributed by atoms with E-state index in [9.17, 15) is 5.11 Å². The Morgan fingerprint density at radius 2 is 1.85 bits per heavy atom. The van der Waals surface area contributed by atoms with Gasteiger partial charge in [0.1, 0.15) is 0 Å². The molecule has 1 aliphatic rings. The minimum atomic E-state index is -0.225. The minimum Gasteiger partial charge on any atom is -0.392 e. The van der Waals surface area contributed by atoms with Gasteiger partial charge in [0.25, 0.3) is 0 Å². The first kappa shape index (κ1) is 11.0. The fourth-order valence-electron chi connectivity index (χ4n) is 1.79. The molecule has 2 nitrogen and oxygen atoms in total. The summed E-state index contributed by atoms with van der Waals surface area (Å²) in [6, 6.07) is 0. The molecule has 0 radical (unpaired) electrons. The van der Waals surface area contributed by atoms with Crippen LogP contribution in [0.15, 0.2) is 0 Å². The zero-order valence-corrected chi connectivity index (χ0v) is 9.30. The summed E-state index contributed by atoms with van der Waals surface area (Å²) in [5.41, 5.74) is 5.92. The summed E-state index contributed by atoms with van der Waals surface area (Å²) in [5.74, 6) is 0.318. The van der Waals surface area contributed by atoms with Crippen LogP contribution in [0, 0.1) is 16.7 Å². The van der Waals surface area contributed by atoms with Crippen LogP contribution in [0.1, 0.15) is 40.5 Å². The molecular weight excluding hydrogens is 162 g/mol. The molecule has 1 rings (SSSR count). The molecule has 3 N–H and O–H groups in total. The monoisotopic (exact) mass is 185 g/mol. The van der Waals surface area contributed by atoms with Gasteiger partial charge in [0.2, 0.25) is 0 Å². The molecule has 0 bridgehead atoms. The number of hydrogen-bond donors (Lipinski definition) is 2. The second-order valence-electron chi connectivity index (χ2n) is 5.67. The molecule has 13 heavy (non-hydrogen) atoms. The van der Waals surface area contributed by atoms with Gasteiger partial charge in [-0.2, -0.15) is 0 Å². The quantitative estimate of drug-likeness (QED) is 0.704. The molecule has 0 spiro atoms. The number of nitrogens with two attached hydrogens (primary N) is 1. The molecule has 0 aromatic rings. The summed E-state index contributed by atoms with van der Waals surface area (Å²) < 4.78 is 0. The van der Waals surface area contributed by atoms with Crippen molar-refractivity contribution in [3.63, 3.8) is 0 Å². The van der Waals surface area contributed by atoms with E-state index in [0.717, 1.165) is 12.8 Å². The highest BCUT2D eigenvalue weighted by Gasteiger charge is 2.51. The third-order valence-electron chi connectivity index (χ3n) is 3.77. The molecule has 78 valence electrons. The highest BCUT2D eigenvalue weighted by molar-refractivity contribution is 5.02. The molecule has 0 aromatic carbocycles. The number of hydrogen-bond acceptors (Lipinski definition) is 2. The summed E-state index contributed by atoms with van der Waals surface area (Å²) in [4.78, 5) is 0. The summed E-state index contributed by atoms with van der Waals surface area (Å²) >= 11 is 0. The lowest BCUT2D eigenvalue weighted by atomic mass is 9.74. The Morgan fingerprint density at radius 3 is 2.08 bits per heavy atom. The van der Waals surface area contributed by atoms with Crippen molar-refractivity contribution in [2.45, 2.75) is 46.6 Å². The fraction of sp³-hybridized carbons (Fsp3) is 1.00. The van der Waals surface area contributed by atoms with Crippen molar-refractivity contribution in [1.82, 2.24) is 0 Å². The molecule has 2 atom stereocenters. The van der Waals surface area contributed by atoms with E-state index in [1.807, 2.05) is 0 Å². The van der Waals surface area contributed by atoms with Crippen molar-refractivity contribution < 1.29 is 5.11 Å². The third kappa shape index (κ3) is 2.05. The van der Waals surface area contributed by atoms with E-state index in [1.165, 1.54) is 0 Å². The van der Waals surface area contributed by atoms with Crippen molar-refractivity contribution in [2.75, 3.05) is 6.54 Å². The van der Waals surface area contributed by atoms with Crippen LogP contribution in [-0.2, 0) is 0 Å². The summed E-state index contributed by atoms with van der Waals surface area (Å²) in [6.07, 6.45) is 1.98. The van der Waals surface area contributed by atoms with E-state index in [2.05, 4.69) is 27.7 Å². The lowest BCUT2D eigenvalue weighted by Crippen LogP contribution is -2.40. The van der Waals surface area contributed by atoms with Crippen molar-refractivity contribution in [3.05, 3.63) is 0 Å². The molecular formula is C11H23NO. The highest BCUT2D eigenvalue weighted by atomic mass is 16.3. The van der Waals surface area contributed by atoms with Crippen LogP contribution in [0.5, 0.6) is 0 Å². The Kier molecular flexibility index (Phi) is 2.75. The van der Waals surface area contributed by atoms with Crippen LogP contribution in [0.4, 0.5) is 0 Å². The molecule has 0 heterocycles. The maximum absolute atomic E-state index is 10.2. The van der Waals surface area contributed by atoms with Gasteiger partial charge in [0, 0.05) is 12.0 Å². The predicted molar refractivity (Wildman–Crippen MR) is 55.3 cm³/mol. The van der Waals surface area contributed by atoms with Gasteiger partial charge in [-0.05, 0) is 24.2 Å². The van der Waals surface area contributed by atoms with E-state index in [-0.39, 0.29) is 16.9 Å². The van der Waals surface area contributed by atoms with Crippen molar-refractivity contribution in [3.8, 4) is 0 Å². The molecule has 0 saturated heterocycles. The minimum absolute atomic E-state index is 0.0622. The third-order valence-corrected chi connectivity index (χ3v) is 3.77. The first-order chi connectivity index (χ1) is 5.83. The fourth-order valence-corrected chi connectivity index (χ4v) is 1.79. The molecule has 2 unspecified atom stereocenters. The largest absolute Gasteiger partial charge is 0.392 e. The first-order valence-corrected chi connectivity index (χ1v) is 5.22. The van der Waals surface area contributed by atoms with Gasteiger partial charge < -0.3 is 10.8 Å². The highest BCUT2D eigenvalue weighted by Crippen LogP contribution is 2.52. The maximum Gasteiger partial charge on any atom is 0.0638 e. The van der Waals surface area contributed by atoms with E-state index in [0.29, 0.717) is 12.5 Å². The zero-order chi connectivity index (χ0) is 10.3. The van der Waals surface area contributed by atoms with Gasteiger partial charge in [-0.25, -0.2) is 0 Å². The Bertz CT molecular complexity index is 179. The lowest BCUT2D eigenvalue weighted by Gasteiger charge is -2.35. The Morgan fingerprint density at radius 1 is 1.38 bits per heavy atom. The molecule has 2 heteroatoms. The normalized spacial score (nSPS) is 25.4. The first-order valence-electron chi connectivity index (χ1n) is 5.22. The van der Waals surface area contributed by atoms with E-state index in [4.69, 9.17) is 5.73 Å². The summed E-state index contributed by atoms with van der Waals surface area (Å²) in [6.45, 7) is 9.28. The van der Waals surface area contributed by atoms with Crippen LogP contribution in [0.3, 0.4) is 0 Å². The zero-order valence-electron chi connectivity index (χ0n) is 9.30. The molecule has 1 fully saturated rings. The predicted octanol–water partition coefficient (Wildman–Crippen LogP) is 1.77. The topological polar surface area (TPSA) is 46.2 Å². The van der Waals surface area contributed by atoms with Crippen LogP contribution < -0.4 is 5.73 Å². The van der Waals surface area contributed by atoms with E-state index in [1.54, 1.807) is 0 Å². The molecule has 1 aliphatic carbocycles. The van der Waals surface area contributed by atoms with Crippen molar-refractivity contribution in [1.29, 1.82) is 0 Å². The number of rotatable bonds is 3. The van der Waals surface area contributed by atoms with E-state index >= 15 is 0 Å². The van der Waals surface area contributed by atoms with Crippen molar-refractivity contribution in [2.24, 2.45) is 22.5 Å². The van der Waals surface area contributed by atoms with Crippen LogP contribution >= 0.6 is 0 Å². The Hall–Kier alpha value is -0.0800. The van der Waals surface area contributed by atoms with Gasteiger partial charge in [-0.1, -0.05) is 27.7 Å². The molecule has 1 saturated carbocycles. The maximum atomic E-state index is 10.2. The van der Waals surface area contributed by atoms with Gasteiger partial charge in [-0.15, -0.1) is 0 Å². The Balaban J connectivity index is 2.62. The number of aliphatic hydroxyl groups excluding tert-OH is 1. The van der Waals surface area contributed by atoms with Crippen LogP contribution in [0.2, 0.25) is 0 Å². The average Bonchev–Trinajstić information content (AvgIpc) is 2.80.